The molecule has 0 bridgehead atoms. The van der Waals surface area contributed by atoms with Gasteiger partial charge in [-0.15, -0.1) is 0 Å². The standard InChI is InChI=1S/C16H13NO3/c18-14-9-10-20-15-12(14)7-4-8-13(15)17-16(19)11-5-2-1-3-6-11/h1-8H,9-10H2,(H,17,19). The van der Waals surface area contributed by atoms with E-state index in [2.05, 4.69) is 5.32 Å². The molecule has 4 nitrogen and oxygen atoms in total. The van der Waals surface area contributed by atoms with Crippen LogP contribution in [0.15, 0.2) is 48.5 Å². The molecule has 0 atom stereocenters. The van der Waals surface area contributed by atoms with Gasteiger partial charge >= 0.3 is 0 Å². The lowest BCUT2D eigenvalue weighted by molar-refractivity contribution is 0.0931. The van der Waals surface area contributed by atoms with Gasteiger partial charge in [0.2, 0.25) is 0 Å². The maximum Gasteiger partial charge on any atom is 0.255 e. The van der Waals surface area contributed by atoms with Gasteiger partial charge in [-0.1, -0.05) is 24.3 Å². The van der Waals surface area contributed by atoms with Crippen LogP contribution in [0.4, 0.5) is 5.69 Å². The van der Waals surface area contributed by atoms with E-state index >= 15 is 0 Å². The van der Waals surface area contributed by atoms with Crippen LogP contribution in [0, 0.1) is 0 Å². The number of carbonyl (C=O) groups is 2. The van der Waals surface area contributed by atoms with E-state index in [1.807, 2.05) is 6.07 Å². The van der Waals surface area contributed by atoms with Crippen molar-refractivity contribution in [3.05, 3.63) is 59.7 Å². The predicted molar refractivity (Wildman–Crippen MR) is 75.3 cm³/mol. The number of para-hydroxylation sites is 1. The molecular formula is C16H13NO3. The summed E-state index contributed by atoms with van der Waals surface area (Å²) in [7, 11) is 0. The van der Waals surface area contributed by atoms with E-state index in [4.69, 9.17) is 4.74 Å². The van der Waals surface area contributed by atoms with Gasteiger partial charge in [-0.05, 0) is 24.3 Å². The molecule has 0 saturated carbocycles. The molecule has 20 heavy (non-hydrogen) atoms. The van der Waals surface area contributed by atoms with E-state index < -0.39 is 0 Å². The first-order valence-electron chi connectivity index (χ1n) is 6.41. The van der Waals surface area contributed by atoms with Crippen molar-refractivity contribution in [3.8, 4) is 5.75 Å². The van der Waals surface area contributed by atoms with Crippen LogP contribution in [-0.2, 0) is 0 Å². The Balaban J connectivity index is 1.90. The third kappa shape index (κ3) is 2.28. The number of ether oxygens (including phenoxy) is 1. The van der Waals surface area contributed by atoms with Gasteiger partial charge in [0.05, 0.1) is 17.9 Å². The minimum Gasteiger partial charge on any atom is -0.490 e. The number of carbonyl (C=O) groups excluding carboxylic acids is 2. The van der Waals surface area contributed by atoms with E-state index in [-0.39, 0.29) is 11.7 Å². The second-order valence-corrected chi connectivity index (χ2v) is 4.52. The minimum absolute atomic E-state index is 0.0436. The number of hydrogen-bond donors (Lipinski definition) is 1. The van der Waals surface area contributed by atoms with Crippen molar-refractivity contribution < 1.29 is 14.3 Å². The maximum atomic E-state index is 12.1. The maximum absolute atomic E-state index is 12.1. The Morgan fingerprint density at radius 3 is 2.65 bits per heavy atom. The molecule has 0 aliphatic carbocycles. The van der Waals surface area contributed by atoms with Crippen LogP contribution in [0.2, 0.25) is 0 Å². The SMILES string of the molecule is O=C(Nc1cccc2c1OCCC2=O)c1ccccc1. The highest BCUT2D eigenvalue weighted by atomic mass is 16.5. The molecule has 0 radical (unpaired) electrons. The molecule has 1 aliphatic heterocycles. The smallest absolute Gasteiger partial charge is 0.255 e. The molecule has 100 valence electrons. The Bertz CT molecular complexity index is 665. The molecule has 1 amide bonds. The number of benzene rings is 2. The summed E-state index contributed by atoms with van der Waals surface area (Å²) in [6.07, 6.45) is 0.378. The van der Waals surface area contributed by atoms with Crippen LogP contribution < -0.4 is 10.1 Å². The average molecular weight is 267 g/mol. The molecule has 1 heterocycles. The number of anilines is 1. The molecule has 2 aromatic carbocycles. The lowest BCUT2D eigenvalue weighted by Crippen LogP contribution is -2.19. The lowest BCUT2D eigenvalue weighted by Gasteiger charge is -2.19. The Kier molecular flexibility index (Phi) is 3.21. The first kappa shape index (κ1) is 12.4. The van der Waals surface area contributed by atoms with Gasteiger partial charge in [0, 0.05) is 12.0 Å². The van der Waals surface area contributed by atoms with Gasteiger partial charge in [-0.3, -0.25) is 9.59 Å². The second-order valence-electron chi connectivity index (χ2n) is 4.52. The van der Waals surface area contributed by atoms with Crippen LogP contribution in [0.25, 0.3) is 0 Å². The van der Waals surface area contributed by atoms with E-state index in [1.165, 1.54) is 0 Å². The Morgan fingerprint density at radius 1 is 1.05 bits per heavy atom. The number of nitrogens with one attached hydrogen (secondary N) is 1. The Hall–Kier alpha value is -2.62. The third-order valence-corrected chi connectivity index (χ3v) is 3.18. The summed E-state index contributed by atoms with van der Waals surface area (Å²) in [5.41, 5.74) is 1.62. The fourth-order valence-corrected chi connectivity index (χ4v) is 2.17. The van der Waals surface area contributed by atoms with Crippen LogP contribution >= 0.6 is 0 Å². The summed E-state index contributed by atoms with van der Waals surface area (Å²) in [6, 6.07) is 14.1. The Morgan fingerprint density at radius 2 is 1.85 bits per heavy atom. The lowest BCUT2D eigenvalue weighted by atomic mass is 10.0. The quantitative estimate of drug-likeness (QED) is 0.910. The van der Waals surface area contributed by atoms with Crippen LogP contribution in [0.3, 0.4) is 0 Å². The molecule has 0 fully saturated rings. The molecule has 0 unspecified atom stereocenters. The molecule has 0 aromatic heterocycles. The van der Waals surface area contributed by atoms with Crippen LogP contribution in [0.5, 0.6) is 5.75 Å². The monoisotopic (exact) mass is 267 g/mol. The van der Waals surface area contributed by atoms with Gasteiger partial charge in [-0.2, -0.15) is 0 Å². The first-order valence-corrected chi connectivity index (χ1v) is 6.41. The predicted octanol–water partition coefficient (Wildman–Crippen LogP) is 2.90. The normalized spacial score (nSPS) is 13.3. The van der Waals surface area contributed by atoms with Gasteiger partial charge in [0.25, 0.3) is 5.91 Å². The average Bonchev–Trinajstić information content (AvgIpc) is 2.49. The van der Waals surface area contributed by atoms with Crippen molar-refractivity contribution in [1.82, 2.24) is 0 Å². The summed E-state index contributed by atoms with van der Waals surface area (Å²) in [4.78, 5) is 23.9. The van der Waals surface area contributed by atoms with Gasteiger partial charge < -0.3 is 10.1 Å². The highest BCUT2D eigenvalue weighted by molar-refractivity contribution is 6.07. The summed E-state index contributed by atoms with van der Waals surface area (Å²) < 4.78 is 5.53. The number of rotatable bonds is 2. The van der Waals surface area contributed by atoms with Crippen molar-refractivity contribution in [3.63, 3.8) is 0 Å². The summed E-state index contributed by atoms with van der Waals surface area (Å²) in [5.74, 6) is 0.288. The van der Waals surface area contributed by atoms with Crippen molar-refractivity contribution in [1.29, 1.82) is 0 Å². The van der Waals surface area contributed by atoms with Gasteiger partial charge in [-0.25, -0.2) is 0 Å². The van der Waals surface area contributed by atoms with Crippen molar-refractivity contribution in [2.75, 3.05) is 11.9 Å². The van der Waals surface area contributed by atoms with E-state index in [9.17, 15) is 9.59 Å². The highest BCUT2D eigenvalue weighted by Crippen LogP contribution is 2.33. The number of ketones is 1. The number of amides is 1. The largest absolute Gasteiger partial charge is 0.490 e. The molecule has 4 heteroatoms. The molecular weight excluding hydrogens is 254 g/mol. The van der Waals surface area contributed by atoms with Crippen LogP contribution in [0.1, 0.15) is 27.1 Å². The molecule has 2 aromatic rings. The fraction of sp³-hybridized carbons (Fsp3) is 0.125. The molecule has 0 spiro atoms. The number of fused-ring (bicyclic) bond motifs is 1. The van der Waals surface area contributed by atoms with E-state index in [1.54, 1.807) is 42.5 Å². The Labute approximate surface area is 116 Å². The van der Waals surface area contributed by atoms with Gasteiger partial charge in [0.1, 0.15) is 0 Å². The fourth-order valence-electron chi connectivity index (χ4n) is 2.17. The van der Waals surface area contributed by atoms with Crippen molar-refractivity contribution in [2.45, 2.75) is 6.42 Å². The summed E-state index contributed by atoms with van der Waals surface area (Å²) in [6.45, 7) is 0.351. The first-order chi connectivity index (χ1) is 9.75. The summed E-state index contributed by atoms with van der Waals surface area (Å²) in [5, 5.41) is 2.79. The third-order valence-electron chi connectivity index (χ3n) is 3.18. The zero-order valence-electron chi connectivity index (χ0n) is 10.8. The number of hydrogen-bond acceptors (Lipinski definition) is 3. The molecule has 1 aliphatic rings. The van der Waals surface area contributed by atoms with Crippen molar-refractivity contribution >= 4 is 17.4 Å². The minimum atomic E-state index is -0.222. The zero-order chi connectivity index (χ0) is 13.9. The summed E-state index contributed by atoms with van der Waals surface area (Å²) >= 11 is 0. The highest BCUT2D eigenvalue weighted by Gasteiger charge is 2.22. The number of Topliss-reactive ketones (excluding diaryl/α,β-unsaturated/α-hetero) is 1. The van der Waals surface area contributed by atoms with E-state index in [0.717, 1.165) is 0 Å². The molecule has 1 N–H and O–H groups in total. The van der Waals surface area contributed by atoms with E-state index in [0.29, 0.717) is 35.6 Å². The zero-order valence-corrected chi connectivity index (χ0v) is 10.8. The van der Waals surface area contributed by atoms with Crippen LogP contribution in [-0.4, -0.2) is 18.3 Å². The van der Waals surface area contributed by atoms with Crippen molar-refractivity contribution in [2.24, 2.45) is 0 Å². The molecule has 0 saturated heterocycles. The second kappa shape index (κ2) is 5.17. The van der Waals surface area contributed by atoms with Gasteiger partial charge in [0.15, 0.2) is 11.5 Å². The topological polar surface area (TPSA) is 55.4 Å². The molecule has 3 rings (SSSR count).